The molecule has 0 bridgehead atoms. The summed E-state index contributed by atoms with van der Waals surface area (Å²) in [4.78, 5) is 11.6. The SMILES string of the molecule is [C-]#[N+]c1ccc(-c2[nH]c3ccccc3c2-c2c(C#N)c(N)n3c(nc4ccccc43)c2C#N)cc1. The lowest BCUT2D eigenvalue weighted by Crippen LogP contribution is -2.06. The topological polar surface area (TPSA) is 111 Å². The number of hydrogen-bond acceptors (Lipinski definition) is 4. The predicted molar refractivity (Wildman–Crippen MR) is 136 cm³/mol. The zero-order valence-corrected chi connectivity index (χ0v) is 18.2. The van der Waals surface area contributed by atoms with Gasteiger partial charge in [0.05, 0.1) is 23.3 Å². The number of imidazole rings is 1. The van der Waals surface area contributed by atoms with Crippen LogP contribution in [-0.2, 0) is 0 Å². The first-order valence-corrected chi connectivity index (χ1v) is 10.8. The minimum atomic E-state index is 0.209. The molecule has 0 aliphatic rings. The number of anilines is 1. The van der Waals surface area contributed by atoms with E-state index < -0.39 is 0 Å². The highest BCUT2D eigenvalue weighted by Gasteiger charge is 2.27. The van der Waals surface area contributed by atoms with E-state index in [0.29, 0.717) is 28.0 Å². The molecule has 0 aliphatic carbocycles. The van der Waals surface area contributed by atoms with E-state index in [1.807, 2.05) is 60.7 Å². The number of fused-ring (bicyclic) bond motifs is 4. The van der Waals surface area contributed by atoms with Crippen LogP contribution in [0.3, 0.4) is 0 Å². The van der Waals surface area contributed by atoms with E-state index in [0.717, 1.165) is 27.7 Å². The van der Waals surface area contributed by atoms with Crippen molar-refractivity contribution < 1.29 is 0 Å². The van der Waals surface area contributed by atoms with Gasteiger partial charge < -0.3 is 10.7 Å². The Hall–Kier alpha value is -5.58. The molecule has 3 heterocycles. The van der Waals surface area contributed by atoms with Gasteiger partial charge in [-0.05, 0) is 23.8 Å². The van der Waals surface area contributed by atoms with E-state index in [-0.39, 0.29) is 16.9 Å². The minimum absolute atomic E-state index is 0.209. The highest BCUT2D eigenvalue weighted by Crippen LogP contribution is 2.44. The molecule has 6 rings (SSSR count). The van der Waals surface area contributed by atoms with Gasteiger partial charge in [0.2, 0.25) is 0 Å². The van der Waals surface area contributed by atoms with Crippen molar-refractivity contribution in [3.63, 3.8) is 0 Å². The summed E-state index contributed by atoms with van der Waals surface area (Å²) in [7, 11) is 0. The maximum atomic E-state index is 10.4. The van der Waals surface area contributed by atoms with E-state index in [4.69, 9.17) is 17.3 Å². The van der Waals surface area contributed by atoms with Gasteiger partial charge in [0.1, 0.15) is 29.1 Å². The number of pyridine rings is 1. The second-order valence-corrected chi connectivity index (χ2v) is 8.07. The van der Waals surface area contributed by atoms with Gasteiger partial charge >= 0.3 is 0 Å². The molecule has 0 aliphatic heterocycles. The van der Waals surface area contributed by atoms with Gasteiger partial charge in [-0.25, -0.2) is 9.83 Å². The summed E-state index contributed by atoms with van der Waals surface area (Å²) in [5.41, 5.74) is 13.0. The molecule has 3 aromatic carbocycles. The molecule has 3 N–H and O–H groups in total. The lowest BCUT2D eigenvalue weighted by molar-refractivity contribution is 1.21. The summed E-state index contributed by atoms with van der Waals surface area (Å²) < 4.78 is 1.68. The number of nitrogens with two attached hydrogens (primary N) is 1. The molecule has 3 aromatic heterocycles. The summed E-state index contributed by atoms with van der Waals surface area (Å²) in [6.45, 7) is 7.26. The van der Waals surface area contributed by atoms with Crippen LogP contribution in [0, 0.1) is 29.2 Å². The number of hydrogen-bond donors (Lipinski definition) is 2. The number of nitrogens with one attached hydrogen (secondary N) is 1. The molecule has 35 heavy (non-hydrogen) atoms. The number of rotatable bonds is 2. The number of H-pyrrole nitrogens is 1. The quantitative estimate of drug-likeness (QED) is 0.307. The number of nitrogen functional groups attached to an aromatic ring is 1. The van der Waals surface area contributed by atoms with E-state index in [1.165, 1.54) is 0 Å². The molecule has 0 spiro atoms. The third kappa shape index (κ3) is 2.78. The molecule has 0 saturated heterocycles. The Morgan fingerprint density at radius 3 is 2.34 bits per heavy atom. The lowest BCUT2D eigenvalue weighted by atomic mass is 9.92. The molecule has 162 valence electrons. The van der Waals surface area contributed by atoms with Crippen LogP contribution in [0.5, 0.6) is 0 Å². The Kier molecular flexibility index (Phi) is 4.29. The first-order chi connectivity index (χ1) is 17.2. The molecule has 0 atom stereocenters. The van der Waals surface area contributed by atoms with Crippen molar-refractivity contribution in [1.29, 1.82) is 10.5 Å². The van der Waals surface area contributed by atoms with Gasteiger partial charge in [-0.15, -0.1) is 0 Å². The van der Waals surface area contributed by atoms with Crippen molar-refractivity contribution >= 4 is 39.1 Å². The molecular weight excluding hydrogens is 434 g/mol. The standard InChI is InChI=1S/C28H15N7/c1-32-17-12-10-16(11-13-17)26-25(18-6-2-3-7-21(18)33-26)24-19(14-29)27(31)35-23-9-5-4-8-22(23)34-28(35)20(24)15-30/h2-13,33H,31H2. The highest BCUT2D eigenvalue weighted by molar-refractivity contribution is 6.08. The summed E-state index contributed by atoms with van der Waals surface area (Å²) in [6, 6.07) is 26.9. The van der Waals surface area contributed by atoms with Crippen molar-refractivity contribution in [2.24, 2.45) is 0 Å². The fourth-order valence-electron chi connectivity index (χ4n) is 4.70. The van der Waals surface area contributed by atoms with Crippen LogP contribution in [-0.4, -0.2) is 14.4 Å². The van der Waals surface area contributed by atoms with Crippen LogP contribution < -0.4 is 5.73 Å². The molecule has 6 aromatic rings. The number of nitrogens with zero attached hydrogens (tertiary/aromatic N) is 5. The van der Waals surface area contributed by atoms with Crippen molar-refractivity contribution in [1.82, 2.24) is 14.4 Å². The van der Waals surface area contributed by atoms with Crippen molar-refractivity contribution in [2.45, 2.75) is 0 Å². The molecule has 0 amide bonds. The first-order valence-electron chi connectivity index (χ1n) is 10.8. The van der Waals surface area contributed by atoms with Gasteiger partial charge in [-0.2, -0.15) is 10.5 Å². The fraction of sp³-hybridized carbons (Fsp3) is 0. The monoisotopic (exact) mass is 449 g/mol. The Bertz CT molecular complexity index is 1940. The lowest BCUT2D eigenvalue weighted by Gasteiger charge is -2.14. The number of aromatic amines is 1. The molecule has 0 saturated carbocycles. The molecule has 7 nitrogen and oxygen atoms in total. The number of para-hydroxylation sites is 3. The van der Waals surface area contributed by atoms with E-state index in [2.05, 4.69) is 22.0 Å². The molecule has 7 heteroatoms. The van der Waals surface area contributed by atoms with E-state index >= 15 is 0 Å². The van der Waals surface area contributed by atoms with E-state index in [1.54, 1.807) is 16.5 Å². The third-order valence-corrected chi connectivity index (χ3v) is 6.25. The summed E-state index contributed by atoms with van der Waals surface area (Å²) in [6.07, 6.45) is 0. The van der Waals surface area contributed by atoms with Crippen LogP contribution in [0.25, 0.3) is 54.8 Å². The molecule has 0 fully saturated rings. The average Bonchev–Trinajstić information content (AvgIpc) is 3.47. The van der Waals surface area contributed by atoms with Crippen molar-refractivity contribution in [3.05, 3.63) is 95.3 Å². The van der Waals surface area contributed by atoms with Crippen molar-refractivity contribution in [2.75, 3.05) is 5.73 Å². The first kappa shape index (κ1) is 20.1. The smallest absolute Gasteiger partial charge is 0.187 e. The fourth-order valence-corrected chi connectivity index (χ4v) is 4.70. The largest absolute Gasteiger partial charge is 0.384 e. The van der Waals surface area contributed by atoms with Crippen LogP contribution in [0.1, 0.15) is 11.1 Å². The Balaban J connectivity index is 1.81. The van der Waals surface area contributed by atoms with Gasteiger partial charge in [-0.3, -0.25) is 4.40 Å². The zero-order valence-electron chi connectivity index (χ0n) is 18.2. The summed E-state index contributed by atoms with van der Waals surface area (Å²) in [5.74, 6) is 0.227. The molecule has 0 unspecified atom stereocenters. The van der Waals surface area contributed by atoms with Crippen LogP contribution in [0.15, 0.2) is 72.8 Å². The summed E-state index contributed by atoms with van der Waals surface area (Å²) in [5, 5.41) is 21.5. The second-order valence-electron chi connectivity index (χ2n) is 8.07. The van der Waals surface area contributed by atoms with Crippen LogP contribution in [0.4, 0.5) is 11.5 Å². The van der Waals surface area contributed by atoms with Gasteiger partial charge in [0, 0.05) is 22.0 Å². The van der Waals surface area contributed by atoms with E-state index in [9.17, 15) is 10.5 Å². The zero-order chi connectivity index (χ0) is 24.1. The Morgan fingerprint density at radius 1 is 0.886 bits per heavy atom. The Labute approximate surface area is 199 Å². The number of aromatic nitrogens is 3. The van der Waals surface area contributed by atoms with Crippen molar-refractivity contribution in [3.8, 4) is 34.5 Å². The van der Waals surface area contributed by atoms with Gasteiger partial charge in [0.25, 0.3) is 0 Å². The second kappa shape index (κ2) is 7.49. The third-order valence-electron chi connectivity index (χ3n) is 6.25. The molecular formula is C28H15N7. The normalized spacial score (nSPS) is 10.9. The maximum Gasteiger partial charge on any atom is 0.187 e. The average molecular weight is 449 g/mol. The van der Waals surface area contributed by atoms with Crippen LogP contribution >= 0.6 is 0 Å². The van der Waals surface area contributed by atoms with Gasteiger partial charge in [-0.1, -0.05) is 54.6 Å². The number of benzene rings is 3. The molecule has 0 radical (unpaired) electrons. The maximum absolute atomic E-state index is 10.4. The predicted octanol–water partition coefficient (Wildman–Crippen LogP) is 6.18. The Morgan fingerprint density at radius 2 is 1.60 bits per heavy atom. The minimum Gasteiger partial charge on any atom is -0.384 e. The van der Waals surface area contributed by atoms with Gasteiger partial charge in [0.15, 0.2) is 11.3 Å². The highest BCUT2D eigenvalue weighted by atomic mass is 15.1. The summed E-state index contributed by atoms with van der Waals surface area (Å²) >= 11 is 0. The number of nitriles is 2. The van der Waals surface area contributed by atoms with Crippen LogP contribution in [0.2, 0.25) is 0 Å².